The topological polar surface area (TPSA) is 72.5 Å². The van der Waals surface area contributed by atoms with Crippen molar-refractivity contribution in [3.05, 3.63) is 76.9 Å². The van der Waals surface area contributed by atoms with Gasteiger partial charge in [0.25, 0.3) is 5.91 Å². The first-order valence-electron chi connectivity index (χ1n) is 8.57. The molecule has 1 amide bonds. The summed E-state index contributed by atoms with van der Waals surface area (Å²) >= 11 is 6.01. The van der Waals surface area contributed by atoms with E-state index in [0.717, 1.165) is 11.3 Å². The van der Waals surface area contributed by atoms with E-state index >= 15 is 0 Å². The Labute approximate surface area is 168 Å². The Bertz CT molecular complexity index is 961. The van der Waals surface area contributed by atoms with Gasteiger partial charge in [0.1, 0.15) is 17.3 Å². The van der Waals surface area contributed by atoms with Gasteiger partial charge in [-0.15, -0.1) is 0 Å². The highest BCUT2D eigenvalue weighted by Crippen LogP contribution is 2.28. The number of hydrogen-bond acceptors (Lipinski definition) is 5. The van der Waals surface area contributed by atoms with E-state index in [9.17, 15) is 4.79 Å². The Morgan fingerprint density at radius 2 is 1.82 bits per heavy atom. The number of rotatable bonds is 7. The van der Waals surface area contributed by atoms with Crippen LogP contribution >= 0.6 is 11.6 Å². The van der Waals surface area contributed by atoms with E-state index in [1.165, 1.54) is 7.11 Å². The Hall–Kier alpha value is -3.25. The average molecular weight is 398 g/mol. The quantitative estimate of drug-likeness (QED) is 0.608. The zero-order valence-electron chi connectivity index (χ0n) is 15.5. The average Bonchev–Trinajstić information content (AvgIpc) is 2.73. The van der Waals surface area contributed by atoms with Gasteiger partial charge in [0, 0.05) is 23.3 Å². The zero-order chi connectivity index (χ0) is 19.9. The van der Waals surface area contributed by atoms with Crippen LogP contribution in [0.5, 0.6) is 11.5 Å². The molecule has 0 fully saturated rings. The molecule has 0 unspecified atom stereocenters. The van der Waals surface area contributed by atoms with Gasteiger partial charge in [0.15, 0.2) is 0 Å². The molecule has 0 aliphatic heterocycles. The number of pyridine rings is 1. The predicted octanol–water partition coefficient (Wildman–Crippen LogP) is 4.62. The lowest BCUT2D eigenvalue weighted by Gasteiger charge is -2.11. The largest absolute Gasteiger partial charge is 0.497 e. The predicted molar refractivity (Wildman–Crippen MR) is 111 cm³/mol. The number of benzene rings is 2. The fourth-order valence-corrected chi connectivity index (χ4v) is 2.75. The standard InChI is InChI=1S/C21H20ClN3O3/c1-27-17-6-3-14(4-7-17)13-24-20-11-15(9-10-23-20)21(26)25-18-12-16(22)5-8-19(18)28-2/h3-12H,13H2,1-2H3,(H,23,24)(H,25,26). The number of aromatic nitrogens is 1. The Kier molecular flexibility index (Phi) is 6.34. The minimum absolute atomic E-state index is 0.282. The van der Waals surface area contributed by atoms with Crippen molar-refractivity contribution in [3.63, 3.8) is 0 Å². The lowest BCUT2D eigenvalue weighted by molar-refractivity contribution is 0.102. The molecule has 0 atom stereocenters. The number of carbonyl (C=O) groups excluding carboxylic acids is 1. The Morgan fingerprint density at radius 3 is 2.54 bits per heavy atom. The number of ether oxygens (including phenoxy) is 2. The van der Waals surface area contributed by atoms with Gasteiger partial charge in [-0.2, -0.15) is 0 Å². The lowest BCUT2D eigenvalue weighted by atomic mass is 10.2. The zero-order valence-corrected chi connectivity index (χ0v) is 16.3. The second-order valence-electron chi connectivity index (χ2n) is 5.93. The number of methoxy groups -OCH3 is 2. The number of halogens is 1. The molecule has 144 valence electrons. The maximum absolute atomic E-state index is 12.6. The molecule has 3 rings (SSSR count). The van der Waals surface area contributed by atoms with E-state index < -0.39 is 0 Å². The molecule has 7 heteroatoms. The molecule has 3 aromatic rings. The number of nitrogens with zero attached hydrogens (tertiary/aromatic N) is 1. The summed E-state index contributed by atoms with van der Waals surface area (Å²) in [6.07, 6.45) is 1.58. The molecule has 1 heterocycles. The van der Waals surface area contributed by atoms with Gasteiger partial charge in [-0.05, 0) is 48.0 Å². The van der Waals surface area contributed by atoms with Crippen molar-refractivity contribution in [1.29, 1.82) is 0 Å². The molecular formula is C21H20ClN3O3. The van der Waals surface area contributed by atoms with Crippen LogP contribution in [0.25, 0.3) is 0 Å². The summed E-state index contributed by atoms with van der Waals surface area (Å²) in [6.45, 7) is 0.574. The summed E-state index contributed by atoms with van der Waals surface area (Å²) in [5.74, 6) is 1.65. The van der Waals surface area contributed by atoms with Crippen LogP contribution in [0.3, 0.4) is 0 Å². The molecule has 2 N–H and O–H groups in total. The molecule has 1 aromatic heterocycles. The molecule has 0 radical (unpaired) electrons. The molecule has 0 bridgehead atoms. The van der Waals surface area contributed by atoms with Gasteiger partial charge < -0.3 is 20.1 Å². The molecule has 6 nitrogen and oxygen atoms in total. The minimum atomic E-state index is -0.282. The van der Waals surface area contributed by atoms with Crippen LogP contribution in [0.4, 0.5) is 11.5 Å². The third-order valence-corrected chi connectivity index (χ3v) is 4.30. The van der Waals surface area contributed by atoms with E-state index in [4.69, 9.17) is 21.1 Å². The van der Waals surface area contributed by atoms with Crippen molar-refractivity contribution in [1.82, 2.24) is 4.98 Å². The van der Waals surface area contributed by atoms with Crippen molar-refractivity contribution in [3.8, 4) is 11.5 Å². The van der Waals surface area contributed by atoms with Crippen LogP contribution < -0.4 is 20.1 Å². The summed E-state index contributed by atoms with van der Waals surface area (Å²) in [6, 6.07) is 16.1. The van der Waals surface area contributed by atoms with Crippen LogP contribution in [0.2, 0.25) is 5.02 Å². The number of nitrogens with one attached hydrogen (secondary N) is 2. The smallest absolute Gasteiger partial charge is 0.255 e. The summed E-state index contributed by atoms with van der Waals surface area (Å²) in [4.78, 5) is 16.9. The fourth-order valence-electron chi connectivity index (χ4n) is 2.58. The van der Waals surface area contributed by atoms with E-state index in [1.54, 1.807) is 43.6 Å². The number of hydrogen-bond donors (Lipinski definition) is 2. The first-order valence-corrected chi connectivity index (χ1v) is 8.94. The van der Waals surface area contributed by atoms with E-state index in [0.29, 0.717) is 34.4 Å². The Morgan fingerprint density at radius 1 is 1.04 bits per heavy atom. The number of carbonyl (C=O) groups is 1. The van der Waals surface area contributed by atoms with E-state index in [-0.39, 0.29) is 5.91 Å². The van der Waals surface area contributed by atoms with Crippen LogP contribution in [0.15, 0.2) is 60.8 Å². The molecule has 28 heavy (non-hydrogen) atoms. The minimum Gasteiger partial charge on any atom is -0.497 e. The normalized spacial score (nSPS) is 10.2. The summed E-state index contributed by atoms with van der Waals surface area (Å²) in [5.41, 5.74) is 2.04. The highest BCUT2D eigenvalue weighted by atomic mass is 35.5. The van der Waals surface area contributed by atoms with Crippen molar-refractivity contribution >= 4 is 29.0 Å². The van der Waals surface area contributed by atoms with Crippen LogP contribution in [-0.4, -0.2) is 25.1 Å². The van der Waals surface area contributed by atoms with Gasteiger partial charge in [-0.1, -0.05) is 23.7 Å². The van der Waals surface area contributed by atoms with Crippen molar-refractivity contribution < 1.29 is 14.3 Å². The highest BCUT2D eigenvalue weighted by Gasteiger charge is 2.11. The molecule has 2 aromatic carbocycles. The summed E-state index contributed by atoms with van der Waals surface area (Å²) in [7, 11) is 3.17. The third-order valence-electron chi connectivity index (χ3n) is 4.06. The molecule has 0 saturated carbocycles. The van der Waals surface area contributed by atoms with Gasteiger partial charge in [-0.25, -0.2) is 4.98 Å². The summed E-state index contributed by atoms with van der Waals surface area (Å²) < 4.78 is 10.4. The van der Waals surface area contributed by atoms with Crippen molar-refractivity contribution in [2.75, 3.05) is 24.9 Å². The van der Waals surface area contributed by atoms with E-state index in [2.05, 4.69) is 15.6 Å². The van der Waals surface area contributed by atoms with Crippen LogP contribution in [0, 0.1) is 0 Å². The third kappa shape index (κ3) is 4.92. The maximum atomic E-state index is 12.6. The Balaban J connectivity index is 1.68. The molecule has 0 aliphatic rings. The van der Waals surface area contributed by atoms with Gasteiger partial charge in [-0.3, -0.25) is 4.79 Å². The molecule has 0 spiro atoms. The van der Waals surface area contributed by atoms with Gasteiger partial charge in [0.2, 0.25) is 0 Å². The number of amides is 1. The van der Waals surface area contributed by atoms with Crippen molar-refractivity contribution in [2.24, 2.45) is 0 Å². The van der Waals surface area contributed by atoms with Gasteiger partial charge in [0.05, 0.1) is 19.9 Å². The second kappa shape index (κ2) is 9.10. The summed E-state index contributed by atoms with van der Waals surface area (Å²) in [5, 5.41) is 6.53. The van der Waals surface area contributed by atoms with Crippen molar-refractivity contribution in [2.45, 2.75) is 6.54 Å². The molecule has 0 aliphatic carbocycles. The first kappa shape index (κ1) is 19.5. The molecular weight excluding hydrogens is 378 g/mol. The number of anilines is 2. The van der Waals surface area contributed by atoms with Crippen LogP contribution in [-0.2, 0) is 6.54 Å². The second-order valence-corrected chi connectivity index (χ2v) is 6.37. The fraction of sp³-hybridized carbons (Fsp3) is 0.143. The maximum Gasteiger partial charge on any atom is 0.255 e. The van der Waals surface area contributed by atoms with Gasteiger partial charge >= 0.3 is 0 Å². The first-order chi connectivity index (χ1) is 13.6. The highest BCUT2D eigenvalue weighted by molar-refractivity contribution is 6.31. The monoisotopic (exact) mass is 397 g/mol. The molecule has 0 saturated heterocycles. The van der Waals surface area contributed by atoms with Crippen LogP contribution in [0.1, 0.15) is 15.9 Å². The SMILES string of the molecule is COc1ccc(CNc2cc(C(=O)Nc3cc(Cl)ccc3OC)ccn2)cc1. The van der Waals surface area contributed by atoms with E-state index in [1.807, 2.05) is 24.3 Å². The lowest BCUT2D eigenvalue weighted by Crippen LogP contribution is -2.13.